The Hall–Kier alpha value is -1.13. The van der Waals surface area contributed by atoms with Crippen molar-refractivity contribution in [1.82, 2.24) is 5.32 Å². The van der Waals surface area contributed by atoms with Crippen LogP contribution in [-0.2, 0) is 4.74 Å². The van der Waals surface area contributed by atoms with E-state index in [1.165, 1.54) is 6.07 Å². The first kappa shape index (κ1) is 14.9. The number of hydrogen-bond acceptors (Lipinski definition) is 3. The molecule has 0 aliphatic carbocycles. The molecule has 0 fully saturated rings. The number of benzene rings is 1. The van der Waals surface area contributed by atoms with Gasteiger partial charge in [-0.1, -0.05) is 6.92 Å². The molecule has 1 aromatic rings. The van der Waals surface area contributed by atoms with Gasteiger partial charge in [-0.3, -0.25) is 0 Å². The lowest BCUT2D eigenvalue weighted by molar-refractivity contribution is 0.188. The monoisotopic (exact) mass is 255 g/mol. The summed E-state index contributed by atoms with van der Waals surface area (Å²) in [7, 11) is 3.29. The van der Waals surface area contributed by atoms with E-state index in [0.29, 0.717) is 6.61 Å². The van der Waals surface area contributed by atoms with Crippen LogP contribution in [0.3, 0.4) is 0 Å². The standard InChI is InChI=1S/C14H22FNO2/c1-4-16-13(6-5-9-17-2)12-10-11(15)7-8-14(12)18-3/h7-8,10,13,16H,4-6,9H2,1-3H3. The molecule has 4 heteroatoms. The quantitative estimate of drug-likeness (QED) is 0.724. The van der Waals surface area contributed by atoms with Crippen molar-refractivity contribution in [1.29, 1.82) is 0 Å². The summed E-state index contributed by atoms with van der Waals surface area (Å²) < 4.78 is 23.7. The highest BCUT2D eigenvalue weighted by atomic mass is 19.1. The molecule has 0 saturated carbocycles. The molecule has 0 aliphatic heterocycles. The third-order valence-corrected chi connectivity index (χ3v) is 2.86. The van der Waals surface area contributed by atoms with Gasteiger partial charge in [0.1, 0.15) is 11.6 Å². The highest BCUT2D eigenvalue weighted by molar-refractivity contribution is 5.36. The minimum atomic E-state index is -0.236. The first-order valence-corrected chi connectivity index (χ1v) is 6.28. The average molecular weight is 255 g/mol. The molecule has 1 N–H and O–H groups in total. The minimum Gasteiger partial charge on any atom is -0.496 e. The van der Waals surface area contributed by atoms with Crippen molar-refractivity contribution in [2.24, 2.45) is 0 Å². The Kier molecular flexibility index (Phi) is 6.68. The van der Waals surface area contributed by atoms with E-state index in [1.807, 2.05) is 6.92 Å². The number of ether oxygens (including phenoxy) is 2. The van der Waals surface area contributed by atoms with E-state index in [4.69, 9.17) is 9.47 Å². The van der Waals surface area contributed by atoms with Crippen molar-refractivity contribution in [3.63, 3.8) is 0 Å². The minimum absolute atomic E-state index is 0.0933. The topological polar surface area (TPSA) is 30.5 Å². The Morgan fingerprint density at radius 2 is 2.11 bits per heavy atom. The van der Waals surface area contributed by atoms with Crippen molar-refractivity contribution in [3.8, 4) is 5.75 Å². The zero-order valence-electron chi connectivity index (χ0n) is 11.3. The van der Waals surface area contributed by atoms with Crippen LogP contribution in [0, 0.1) is 5.82 Å². The van der Waals surface area contributed by atoms with E-state index in [2.05, 4.69) is 5.32 Å². The summed E-state index contributed by atoms with van der Waals surface area (Å²) in [6, 6.07) is 4.72. The van der Waals surface area contributed by atoms with Crippen LogP contribution >= 0.6 is 0 Å². The summed E-state index contributed by atoms with van der Waals surface area (Å²) in [5.41, 5.74) is 0.871. The van der Waals surface area contributed by atoms with Gasteiger partial charge >= 0.3 is 0 Å². The fraction of sp³-hybridized carbons (Fsp3) is 0.571. The second kappa shape index (κ2) is 8.06. The first-order chi connectivity index (χ1) is 8.72. The number of nitrogens with one attached hydrogen (secondary N) is 1. The van der Waals surface area contributed by atoms with Crippen molar-refractivity contribution in [2.45, 2.75) is 25.8 Å². The van der Waals surface area contributed by atoms with Crippen LogP contribution < -0.4 is 10.1 Å². The molecule has 0 radical (unpaired) electrons. The Labute approximate surface area is 108 Å². The van der Waals surface area contributed by atoms with Crippen LogP contribution in [0.15, 0.2) is 18.2 Å². The zero-order chi connectivity index (χ0) is 13.4. The summed E-state index contributed by atoms with van der Waals surface area (Å²) >= 11 is 0. The summed E-state index contributed by atoms with van der Waals surface area (Å²) in [5, 5.41) is 3.36. The Morgan fingerprint density at radius 1 is 1.33 bits per heavy atom. The van der Waals surface area contributed by atoms with Gasteiger partial charge in [-0.25, -0.2) is 4.39 Å². The Bertz CT molecular complexity index is 358. The van der Waals surface area contributed by atoms with Crippen molar-refractivity contribution in [3.05, 3.63) is 29.6 Å². The lowest BCUT2D eigenvalue weighted by Crippen LogP contribution is -2.22. The molecule has 1 aromatic carbocycles. The summed E-state index contributed by atoms with van der Waals surface area (Å²) in [6.45, 7) is 3.58. The number of methoxy groups -OCH3 is 2. The molecule has 0 saturated heterocycles. The highest BCUT2D eigenvalue weighted by Gasteiger charge is 2.15. The van der Waals surface area contributed by atoms with E-state index >= 15 is 0 Å². The van der Waals surface area contributed by atoms with Gasteiger partial charge in [-0.15, -0.1) is 0 Å². The molecule has 18 heavy (non-hydrogen) atoms. The van der Waals surface area contributed by atoms with Gasteiger partial charge in [0, 0.05) is 25.3 Å². The van der Waals surface area contributed by atoms with E-state index in [1.54, 1.807) is 26.4 Å². The summed E-state index contributed by atoms with van der Waals surface area (Å²) in [4.78, 5) is 0. The number of hydrogen-bond donors (Lipinski definition) is 1. The van der Waals surface area contributed by atoms with Crippen LogP contribution in [-0.4, -0.2) is 27.4 Å². The maximum Gasteiger partial charge on any atom is 0.123 e. The van der Waals surface area contributed by atoms with Crippen LogP contribution in [0.25, 0.3) is 0 Å². The van der Waals surface area contributed by atoms with Gasteiger partial charge in [-0.2, -0.15) is 0 Å². The maximum atomic E-state index is 13.4. The molecule has 1 rings (SSSR count). The van der Waals surface area contributed by atoms with Gasteiger partial charge in [0.05, 0.1) is 7.11 Å². The molecule has 0 spiro atoms. The van der Waals surface area contributed by atoms with E-state index in [9.17, 15) is 4.39 Å². The normalized spacial score (nSPS) is 12.4. The third-order valence-electron chi connectivity index (χ3n) is 2.86. The van der Waals surface area contributed by atoms with Crippen molar-refractivity contribution in [2.75, 3.05) is 27.4 Å². The fourth-order valence-corrected chi connectivity index (χ4v) is 2.02. The average Bonchev–Trinajstić information content (AvgIpc) is 2.38. The van der Waals surface area contributed by atoms with Gasteiger partial charge in [0.15, 0.2) is 0 Å². The van der Waals surface area contributed by atoms with Gasteiger partial charge in [-0.05, 0) is 37.6 Å². The Morgan fingerprint density at radius 3 is 2.72 bits per heavy atom. The summed E-state index contributed by atoms with van der Waals surface area (Å²) in [6.07, 6.45) is 1.81. The molecule has 0 bridgehead atoms. The van der Waals surface area contributed by atoms with Gasteiger partial charge < -0.3 is 14.8 Å². The molecule has 102 valence electrons. The molecule has 1 atom stereocenters. The molecular weight excluding hydrogens is 233 g/mol. The molecule has 1 unspecified atom stereocenters. The Balaban J connectivity index is 2.85. The predicted molar refractivity (Wildman–Crippen MR) is 70.5 cm³/mol. The second-order valence-corrected chi connectivity index (χ2v) is 4.13. The van der Waals surface area contributed by atoms with Crippen LogP contribution in [0.5, 0.6) is 5.75 Å². The van der Waals surface area contributed by atoms with Crippen molar-refractivity contribution >= 4 is 0 Å². The van der Waals surface area contributed by atoms with Crippen LogP contribution in [0.4, 0.5) is 4.39 Å². The lowest BCUT2D eigenvalue weighted by Gasteiger charge is -2.20. The number of rotatable bonds is 8. The third kappa shape index (κ3) is 4.27. The highest BCUT2D eigenvalue weighted by Crippen LogP contribution is 2.28. The second-order valence-electron chi connectivity index (χ2n) is 4.13. The smallest absolute Gasteiger partial charge is 0.123 e. The van der Waals surface area contributed by atoms with E-state index in [0.717, 1.165) is 30.7 Å². The maximum absolute atomic E-state index is 13.4. The lowest BCUT2D eigenvalue weighted by atomic mass is 10.0. The first-order valence-electron chi connectivity index (χ1n) is 6.28. The molecule has 0 heterocycles. The van der Waals surface area contributed by atoms with Gasteiger partial charge in [0.25, 0.3) is 0 Å². The largest absolute Gasteiger partial charge is 0.496 e. The predicted octanol–water partition coefficient (Wildman–Crippen LogP) is 2.91. The molecule has 0 amide bonds. The molecular formula is C14H22FNO2. The molecule has 3 nitrogen and oxygen atoms in total. The zero-order valence-corrected chi connectivity index (χ0v) is 11.3. The molecule has 0 aromatic heterocycles. The van der Waals surface area contributed by atoms with E-state index in [-0.39, 0.29) is 11.9 Å². The SMILES string of the molecule is CCNC(CCCOC)c1cc(F)ccc1OC. The van der Waals surface area contributed by atoms with Crippen LogP contribution in [0.2, 0.25) is 0 Å². The van der Waals surface area contributed by atoms with Crippen LogP contribution in [0.1, 0.15) is 31.4 Å². The summed E-state index contributed by atoms with van der Waals surface area (Å²) in [5.74, 6) is 0.486. The van der Waals surface area contributed by atoms with E-state index < -0.39 is 0 Å². The van der Waals surface area contributed by atoms with Gasteiger partial charge in [0.2, 0.25) is 0 Å². The molecule has 0 aliphatic rings. The fourth-order valence-electron chi connectivity index (χ4n) is 2.02. The van der Waals surface area contributed by atoms with Crippen molar-refractivity contribution < 1.29 is 13.9 Å². The number of halogens is 1.